The van der Waals surface area contributed by atoms with E-state index in [1.807, 2.05) is 6.07 Å². The number of nitrogens with zero attached hydrogens (tertiary/aromatic N) is 2. The van der Waals surface area contributed by atoms with Gasteiger partial charge in [0.25, 0.3) is 0 Å². The molecule has 100 valence electrons. The minimum atomic E-state index is -0.693. The van der Waals surface area contributed by atoms with Gasteiger partial charge >= 0.3 is 5.69 Å². The number of rotatable bonds is 3. The summed E-state index contributed by atoms with van der Waals surface area (Å²) in [6, 6.07) is 3.92. The van der Waals surface area contributed by atoms with E-state index in [1.54, 1.807) is 0 Å². The number of phenols is 1. The van der Waals surface area contributed by atoms with Gasteiger partial charge in [0.2, 0.25) is 0 Å². The third-order valence-corrected chi connectivity index (χ3v) is 3.71. The van der Waals surface area contributed by atoms with Gasteiger partial charge in [-0.2, -0.15) is 5.26 Å². The van der Waals surface area contributed by atoms with Crippen molar-refractivity contribution in [3.8, 4) is 11.8 Å². The van der Waals surface area contributed by atoms with E-state index < -0.39 is 22.4 Å². The van der Waals surface area contributed by atoms with Gasteiger partial charge in [-0.05, 0) is 24.8 Å². The molecule has 1 aliphatic rings. The van der Waals surface area contributed by atoms with Crippen molar-refractivity contribution in [2.24, 2.45) is 11.7 Å². The van der Waals surface area contributed by atoms with Crippen LogP contribution < -0.4 is 5.73 Å². The molecule has 0 aliphatic heterocycles. The highest BCUT2D eigenvalue weighted by atomic mass is 16.6. The molecule has 19 heavy (non-hydrogen) atoms. The Morgan fingerprint density at radius 2 is 2.11 bits per heavy atom. The Kier molecular flexibility index (Phi) is 3.67. The van der Waals surface area contributed by atoms with Gasteiger partial charge in [0.1, 0.15) is 0 Å². The summed E-state index contributed by atoms with van der Waals surface area (Å²) in [5, 5.41) is 29.8. The SMILES string of the molecule is N#Cc1cc([C@H](N)C2CCCC2)c(O)c([N+](=O)[O-])c1. The molecule has 1 saturated carbocycles. The first-order valence-corrected chi connectivity index (χ1v) is 6.21. The Morgan fingerprint density at radius 1 is 1.47 bits per heavy atom. The minimum Gasteiger partial charge on any atom is -0.502 e. The van der Waals surface area contributed by atoms with Crippen LogP contribution in [-0.2, 0) is 0 Å². The molecule has 1 aliphatic carbocycles. The van der Waals surface area contributed by atoms with Gasteiger partial charge in [-0.15, -0.1) is 0 Å². The van der Waals surface area contributed by atoms with E-state index in [1.165, 1.54) is 6.07 Å². The lowest BCUT2D eigenvalue weighted by atomic mass is 9.90. The molecule has 6 nitrogen and oxygen atoms in total. The van der Waals surface area contributed by atoms with Crippen molar-refractivity contribution in [3.05, 3.63) is 33.4 Å². The smallest absolute Gasteiger partial charge is 0.312 e. The highest BCUT2D eigenvalue weighted by Gasteiger charge is 2.29. The molecule has 0 heterocycles. The van der Waals surface area contributed by atoms with Crippen LogP contribution in [0, 0.1) is 27.4 Å². The fraction of sp³-hybridized carbons (Fsp3) is 0.462. The maximum absolute atomic E-state index is 10.9. The van der Waals surface area contributed by atoms with Gasteiger partial charge in [-0.25, -0.2) is 0 Å². The van der Waals surface area contributed by atoms with Crippen molar-refractivity contribution >= 4 is 5.69 Å². The van der Waals surface area contributed by atoms with Gasteiger partial charge in [-0.1, -0.05) is 12.8 Å². The first-order chi connectivity index (χ1) is 9.04. The number of nitro benzene ring substituents is 1. The highest BCUT2D eigenvalue weighted by molar-refractivity contribution is 5.57. The van der Waals surface area contributed by atoms with Crippen molar-refractivity contribution in [2.45, 2.75) is 31.7 Å². The van der Waals surface area contributed by atoms with E-state index in [2.05, 4.69) is 0 Å². The molecule has 1 aromatic rings. The highest BCUT2D eigenvalue weighted by Crippen LogP contribution is 2.41. The molecular weight excluding hydrogens is 246 g/mol. The Labute approximate surface area is 110 Å². The number of nitrogens with two attached hydrogens (primary N) is 1. The summed E-state index contributed by atoms with van der Waals surface area (Å²) in [4.78, 5) is 10.2. The number of hydrogen-bond donors (Lipinski definition) is 2. The van der Waals surface area contributed by atoms with Crippen molar-refractivity contribution in [1.82, 2.24) is 0 Å². The largest absolute Gasteiger partial charge is 0.502 e. The van der Waals surface area contributed by atoms with Gasteiger partial charge < -0.3 is 10.8 Å². The molecule has 0 bridgehead atoms. The zero-order valence-electron chi connectivity index (χ0n) is 10.4. The lowest BCUT2D eigenvalue weighted by Crippen LogP contribution is -2.19. The third-order valence-electron chi connectivity index (χ3n) is 3.71. The van der Waals surface area contributed by atoms with Crippen LogP contribution in [0.4, 0.5) is 5.69 Å². The van der Waals surface area contributed by atoms with Crippen LogP contribution in [0.25, 0.3) is 0 Å². The van der Waals surface area contributed by atoms with Crippen LogP contribution in [0.15, 0.2) is 12.1 Å². The van der Waals surface area contributed by atoms with Crippen LogP contribution in [0.1, 0.15) is 42.9 Å². The average molecular weight is 261 g/mol. The van der Waals surface area contributed by atoms with Crippen molar-refractivity contribution in [3.63, 3.8) is 0 Å². The van der Waals surface area contributed by atoms with Crippen molar-refractivity contribution in [2.75, 3.05) is 0 Å². The fourth-order valence-electron chi connectivity index (χ4n) is 2.67. The Balaban J connectivity index is 2.46. The molecule has 1 atom stereocenters. The molecule has 1 aromatic carbocycles. The second-order valence-corrected chi connectivity index (χ2v) is 4.87. The topological polar surface area (TPSA) is 113 Å². The predicted octanol–water partition coefficient (Wildman–Crippen LogP) is 2.36. The van der Waals surface area contributed by atoms with Crippen LogP contribution in [0.5, 0.6) is 5.75 Å². The third kappa shape index (κ3) is 2.51. The van der Waals surface area contributed by atoms with Gasteiger partial charge in [0.05, 0.1) is 16.6 Å². The van der Waals surface area contributed by atoms with Crippen LogP contribution in [0.3, 0.4) is 0 Å². The Morgan fingerprint density at radius 3 is 2.63 bits per heavy atom. The average Bonchev–Trinajstić information content (AvgIpc) is 2.91. The summed E-state index contributed by atoms with van der Waals surface area (Å²) in [5.74, 6) is -0.206. The molecule has 0 spiro atoms. The molecule has 0 amide bonds. The van der Waals surface area contributed by atoms with Crippen molar-refractivity contribution < 1.29 is 10.0 Å². The summed E-state index contributed by atoms with van der Waals surface area (Å²) >= 11 is 0. The van der Waals surface area contributed by atoms with Crippen LogP contribution >= 0.6 is 0 Å². The maximum atomic E-state index is 10.9. The van der Waals surface area contributed by atoms with E-state index in [9.17, 15) is 15.2 Å². The van der Waals surface area contributed by atoms with Crippen LogP contribution in [0.2, 0.25) is 0 Å². The lowest BCUT2D eigenvalue weighted by molar-refractivity contribution is -0.386. The molecule has 3 N–H and O–H groups in total. The van der Waals surface area contributed by atoms with Gasteiger partial charge in [0.15, 0.2) is 5.75 Å². The summed E-state index contributed by atoms with van der Waals surface area (Å²) < 4.78 is 0. The monoisotopic (exact) mass is 261 g/mol. The maximum Gasteiger partial charge on any atom is 0.312 e. The second-order valence-electron chi connectivity index (χ2n) is 4.87. The number of nitriles is 1. The molecule has 0 radical (unpaired) electrons. The first-order valence-electron chi connectivity index (χ1n) is 6.21. The number of benzene rings is 1. The summed E-state index contributed by atoms with van der Waals surface area (Å²) in [7, 11) is 0. The number of hydrogen-bond acceptors (Lipinski definition) is 5. The molecule has 2 rings (SSSR count). The zero-order valence-corrected chi connectivity index (χ0v) is 10.4. The molecular formula is C13H15N3O3. The molecule has 0 saturated heterocycles. The van der Waals surface area contributed by atoms with E-state index in [-0.39, 0.29) is 11.5 Å². The number of aromatic hydroxyl groups is 1. The first kappa shape index (κ1) is 13.3. The molecule has 6 heteroatoms. The lowest BCUT2D eigenvalue weighted by Gasteiger charge is -2.20. The quantitative estimate of drug-likeness (QED) is 0.640. The second kappa shape index (κ2) is 5.24. The van der Waals surface area contributed by atoms with E-state index in [0.29, 0.717) is 5.56 Å². The summed E-state index contributed by atoms with van der Waals surface area (Å²) in [6.45, 7) is 0. The van der Waals surface area contributed by atoms with E-state index >= 15 is 0 Å². The van der Waals surface area contributed by atoms with Gasteiger partial charge in [-0.3, -0.25) is 10.1 Å². The Bertz CT molecular complexity index is 545. The minimum absolute atomic E-state index is 0.146. The standard InChI is InChI=1S/C13H15N3O3/c14-7-8-5-10(12(15)9-3-1-2-4-9)13(17)11(6-8)16(18)19/h5-6,9,12,17H,1-4,15H2/t12-/m1/s1. The Hall–Kier alpha value is -2.13. The van der Waals surface area contributed by atoms with Crippen LogP contribution in [-0.4, -0.2) is 10.0 Å². The molecule has 0 unspecified atom stereocenters. The number of nitro groups is 1. The molecule has 0 aromatic heterocycles. The molecule has 1 fully saturated rings. The predicted molar refractivity (Wildman–Crippen MR) is 68.4 cm³/mol. The summed E-state index contributed by atoms with van der Waals surface area (Å²) in [5.41, 5.74) is 6.10. The normalized spacial score (nSPS) is 17.1. The van der Waals surface area contributed by atoms with Gasteiger partial charge in [0, 0.05) is 17.7 Å². The fourth-order valence-corrected chi connectivity index (χ4v) is 2.67. The van der Waals surface area contributed by atoms with E-state index in [4.69, 9.17) is 11.0 Å². The number of phenolic OH excluding ortho intramolecular Hbond substituents is 1. The zero-order chi connectivity index (χ0) is 14.0. The van der Waals surface area contributed by atoms with E-state index in [0.717, 1.165) is 31.7 Å². The van der Waals surface area contributed by atoms with Crippen molar-refractivity contribution in [1.29, 1.82) is 5.26 Å². The summed E-state index contributed by atoms with van der Waals surface area (Å²) in [6.07, 6.45) is 4.06.